The Balaban J connectivity index is 2.89. The lowest BCUT2D eigenvalue weighted by Crippen LogP contribution is -2.13. The number of H-pyrrole nitrogens is 1. The zero-order chi connectivity index (χ0) is 12.6. The Bertz CT molecular complexity index is 597. The van der Waals surface area contributed by atoms with E-state index in [-0.39, 0.29) is 0 Å². The van der Waals surface area contributed by atoms with Crippen LogP contribution in [0.5, 0.6) is 0 Å². The summed E-state index contributed by atoms with van der Waals surface area (Å²) in [6.07, 6.45) is 1.92. The fourth-order valence-corrected chi connectivity index (χ4v) is 2.44. The topological polar surface area (TPSA) is 19.0 Å². The van der Waals surface area contributed by atoms with Crippen LogP contribution in [-0.2, 0) is 0 Å². The third-order valence-electron chi connectivity index (χ3n) is 3.01. The second-order valence-corrected chi connectivity index (χ2v) is 5.26. The molecule has 0 amide bonds. The van der Waals surface area contributed by atoms with Gasteiger partial charge in [0, 0.05) is 30.2 Å². The molecule has 2 aromatic rings. The number of aromatic nitrogens is 1. The van der Waals surface area contributed by atoms with Crippen molar-refractivity contribution in [3.05, 3.63) is 34.5 Å². The Kier molecular flexibility index (Phi) is 3.20. The summed E-state index contributed by atoms with van der Waals surface area (Å²) in [5, 5.41) is 1.12. The molecule has 2 rings (SSSR count). The summed E-state index contributed by atoms with van der Waals surface area (Å²) in [5.41, 5.74) is 3.72. The van der Waals surface area contributed by atoms with Gasteiger partial charge in [-0.05, 0) is 17.5 Å². The Labute approximate surface area is 107 Å². The van der Waals surface area contributed by atoms with Crippen molar-refractivity contribution < 1.29 is 0 Å². The highest BCUT2D eigenvalue weighted by molar-refractivity contribution is 7.71. The fourth-order valence-electron chi connectivity index (χ4n) is 2.20. The van der Waals surface area contributed by atoms with Gasteiger partial charge in [-0.25, -0.2) is 0 Å². The molecule has 0 aliphatic carbocycles. The van der Waals surface area contributed by atoms with Gasteiger partial charge in [-0.3, -0.25) is 0 Å². The van der Waals surface area contributed by atoms with E-state index in [0.717, 1.165) is 15.4 Å². The van der Waals surface area contributed by atoms with Gasteiger partial charge in [-0.15, -0.1) is 0 Å². The summed E-state index contributed by atoms with van der Waals surface area (Å²) in [5.74, 6) is 0.499. The maximum absolute atomic E-state index is 5.37. The Morgan fingerprint density at radius 3 is 2.47 bits per heavy atom. The van der Waals surface area contributed by atoms with Crippen LogP contribution in [0.15, 0.2) is 24.4 Å². The number of rotatable bonds is 2. The van der Waals surface area contributed by atoms with E-state index in [0.29, 0.717) is 5.92 Å². The van der Waals surface area contributed by atoms with Gasteiger partial charge in [0.25, 0.3) is 0 Å². The van der Waals surface area contributed by atoms with Crippen LogP contribution in [0, 0.1) is 4.51 Å². The minimum atomic E-state index is 0.499. The van der Waals surface area contributed by atoms with Gasteiger partial charge in [-0.2, -0.15) is 0 Å². The molecule has 17 heavy (non-hydrogen) atoms. The smallest absolute Gasteiger partial charge is 0.0708 e. The van der Waals surface area contributed by atoms with Crippen molar-refractivity contribution in [2.45, 2.75) is 19.8 Å². The van der Waals surface area contributed by atoms with Crippen molar-refractivity contribution in [1.29, 1.82) is 0 Å². The van der Waals surface area contributed by atoms with E-state index in [1.54, 1.807) is 0 Å². The van der Waals surface area contributed by atoms with E-state index in [4.69, 9.17) is 12.2 Å². The molecular weight excluding hydrogens is 228 g/mol. The molecule has 0 spiro atoms. The first-order valence-electron chi connectivity index (χ1n) is 5.84. The highest BCUT2D eigenvalue weighted by atomic mass is 32.1. The molecule has 1 aromatic heterocycles. The Morgan fingerprint density at radius 2 is 1.88 bits per heavy atom. The SMILES string of the molecule is CC(C)c1ccc2c(=S)cc[nH]c2c1N(C)C. The zero-order valence-corrected chi connectivity index (χ0v) is 11.6. The standard InChI is InChI=1S/C14H18N2S/c1-9(2)10-5-6-11-12(17)7-8-15-13(11)14(10)16(3)4/h5-9H,1-4H3,(H,15,17). The van der Waals surface area contributed by atoms with E-state index < -0.39 is 0 Å². The second-order valence-electron chi connectivity index (χ2n) is 4.82. The molecule has 90 valence electrons. The molecule has 0 unspecified atom stereocenters. The van der Waals surface area contributed by atoms with E-state index in [1.165, 1.54) is 11.3 Å². The summed E-state index contributed by atoms with van der Waals surface area (Å²) in [6.45, 7) is 4.43. The molecule has 3 heteroatoms. The second kappa shape index (κ2) is 4.49. The molecule has 0 atom stereocenters. The summed E-state index contributed by atoms with van der Waals surface area (Å²) < 4.78 is 0.900. The lowest BCUT2D eigenvalue weighted by Gasteiger charge is -2.21. The first-order chi connectivity index (χ1) is 8.02. The zero-order valence-electron chi connectivity index (χ0n) is 10.7. The average Bonchev–Trinajstić information content (AvgIpc) is 2.27. The van der Waals surface area contributed by atoms with Crippen LogP contribution in [0.3, 0.4) is 0 Å². The number of pyridine rings is 1. The Hall–Kier alpha value is -1.35. The molecular formula is C14H18N2S. The maximum atomic E-state index is 5.37. The van der Waals surface area contributed by atoms with Crippen LogP contribution in [0.1, 0.15) is 25.3 Å². The largest absolute Gasteiger partial charge is 0.376 e. The molecule has 0 aliphatic heterocycles. The lowest BCUT2D eigenvalue weighted by molar-refractivity contribution is 0.860. The van der Waals surface area contributed by atoms with E-state index >= 15 is 0 Å². The van der Waals surface area contributed by atoms with Crippen LogP contribution >= 0.6 is 12.2 Å². The molecule has 0 aliphatic rings. The predicted octanol–water partition coefficient (Wildman–Crippen LogP) is 4.09. The van der Waals surface area contributed by atoms with Gasteiger partial charge in [-0.1, -0.05) is 38.2 Å². The fraction of sp³-hybridized carbons (Fsp3) is 0.357. The first kappa shape index (κ1) is 12.1. The van der Waals surface area contributed by atoms with Crippen molar-refractivity contribution in [3.63, 3.8) is 0 Å². The number of anilines is 1. The average molecular weight is 246 g/mol. The molecule has 0 radical (unpaired) electrons. The van der Waals surface area contributed by atoms with Crippen LogP contribution in [0.4, 0.5) is 5.69 Å². The molecule has 0 bridgehead atoms. The molecule has 2 nitrogen and oxygen atoms in total. The van der Waals surface area contributed by atoms with Crippen LogP contribution < -0.4 is 4.90 Å². The van der Waals surface area contributed by atoms with E-state index in [9.17, 15) is 0 Å². The highest BCUT2D eigenvalue weighted by Crippen LogP contribution is 2.33. The van der Waals surface area contributed by atoms with Crippen molar-refractivity contribution >= 4 is 28.8 Å². The number of benzene rings is 1. The molecule has 0 fully saturated rings. The molecule has 0 saturated carbocycles. The van der Waals surface area contributed by atoms with Crippen molar-refractivity contribution in [3.8, 4) is 0 Å². The van der Waals surface area contributed by atoms with Crippen LogP contribution in [0.25, 0.3) is 10.9 Å². The Morgan fingerprint density at radius 1 is 1.18 bits per heavy atom. The number of fused-ring (bicyclic) bond motifs is 1. The number of nitrogens with one attached hydrogen (secondary N) is 1. The van der Waals surface area contributed by atoms with Crippen LogP contribution in [0.2, 0.25) is 0 Å². The minimum absolute atomic E-state index is 0.499. The molecule has 0 saturated heterocycles. The quantitative estimate of drug-likeness (QED) is 0.805. The molecule has 1 heterocycles. The van der Waals surface area contributed by atoms with Gasteiger partial charge in [0.15, 0.2) is 0 Å². The van der Waals surface area contributed by atoms with Crippen LogP contribution in [-0.4, -0.2) is 19.1 Å². The number of hydrogen-bond acceptors (Lipinski definition) is 2. The minimum Gasteiger partial charge on any atom is -0.376 e. The van der Waals surface area contributed by atoms with E-state index in [2.05, 4.69) is 50.0 Å². The van der Waals surface area contributed by atoms with Crippen molar-refractivity contribution in [2.24, 2.45) is 0 Å². The van der Waals surface area contributed by atoms with Gasteiger partial charge in [0.1, 0.15) is 0 Å². The normalized spacial score (nSPS) is 11.1. The number of hydrogen-bond donors (Lipinski definition) is 1. The van der Waals surface area contributed by atoms with Crippen molar-refractivity contribution in [1.82, 2.24) is 4.98 Å². The highest BCUT2D eigenvalue weighted by Gasteiger charge is 2.12. The van der Waals surface area contributed by atoms with Crippen molar-refractivity contribution in [2.75, 3.05) is 19.0 Å². The summed E-state index contributed by atoms with van der Waals surface area (Å²) in [7, 11) is 4.15. The number of aromatic amines is 1. The summed E-state index contributed by atoms with van der Waals surface area (Å²) in [4.78, 5) is 5.48. The van der Waals surface area contributed by atoms with E-state index in [1.807, 2.05) is 12.3 Å². The third-order valence-corrected chi connectivity index (χ3v) is 3.36. The third kappa shape index (κ3) is 2.07. The molecule has 1 N–H and O–H groups in total. The first-order valence-corrected chi connectivity index (χ1v) is 6.25. The number of nitrogens with zero attached hydrogens (tertiary/aromatic N) is 1. The van der Waals surface area contributed by atoms with Gasteiger partial charge in [0.05, 0.1) is 11.2 Å². The maximum Gasteiger partial charge on any atom is 0.0708 e. The summed E-state index contributed by atoms with van der Waals surface area (Å²) >= 11 is 5.37. The summed E-state index contributed by atoms with van der Waals surface area (Å²) in [6, 6.07) is 6.24. The van der Waals surface area contributed by atoms with Gasteiger partial charge >= 0.3 is 0 Å². The molecule has 1 aromatic carbocycles. The lowest BCUT2D eigenvalue weighted by atomic mass is 9.98. The predicted molar refractivity (Wildman–Crippen MR) is 77.5 cm³/mol. The van der Waals surface area contributed by atoms with Gasteiger partial charge in [0.2, 0.25) is 0 Å². The monoisotopic (exact) mass is 246 g/mol. The van der Waals surface area contributed by atoms with Gasteiger partial charge < -0.3 is 9.88 Å².